The van der Waals surface area contributed by atoms with E-state index < -0.39 is 12.0 Å². The van der Waals surface area contributed by atoms with Gasteiger partial charge in [0.2, 0.25) is 5.91 Å². The number of amides is 1. The minimum atomic E-state index is -3.34. The molecule has 4 rings (SSSR count). The first-order valence-corrected chi connectivity index (χ1v) is 12.4. The Bertz CT molecular complexity index is 1140. The van der Waals surface area contributed by atoms with Gasteiger partial charge in [-0.3, -0.25) is 9.78 Å². The number of hydrogen-bond donors (Lipinski definition) is 3. The largest absolute Gasteiger partial charge is 0.387 e. The van der Waals surface area contributed by atoms with E-state index in [1.807, 2.05) is 12.1 Å². The van der Waals surface area contributed by atoms with Crippen LogP contribution in [0, 0.1) is 5.92 Å². The molecule has 2 aromatic carbocycles. The van der Waals surface area contributed by atoms with E-state index >= 15 is 0 Å². The number of hydrogen-bond acceptors (Lipinski definition) is 5. The standard InChI is InChI=1S/C28H32F2N4O2/c1-19(35)28(29,30)23-11-7-20(8-12-23)17-25(36)34-24-13-9-22(10-14-24)26-27(32-16-15-31-26)33-18-21-5-3-2-4-6-21/h7-16,19,21,35H,2-6,17-18H2,1H3,(H,32,33)(H,34,36). The van der Waals surface area contributed by atoms with Gasteiger partial charge in [0.25, 0.3) is 5.92 Å². The number of aliphatic hydroxyl groups excluding tert-OH is 1. The van der Waals surface area contributed by atoms with Gasteiger partial charge in [-0.15, -0.1) is 0 Å². The molecule has 1 atom stereocenters. The van der Waals surface area contributed by atoms with E-state index in [0.717, 1.165) is 30.5 Å². The molecule has 190 valence electrons. The molecular formula is C28H32F2N4O2. The third-order valence-corrected chi connectivity index (χ3v) is 6.65. The first-order valence-electron chi connectivity index (χ1n) is 12.4. The van der Waals surface area contributed by atoms with Gasteiger partial charge in [0, 0.05) is 35.8 Å². The van der Waals surface area contributed by atoms with Gasteiger partial charge < -0.3 is 15.7 Å². The molecule has 1 aliphatic rings. The van der Waals surface area contributed by atoms with E-state index in [2.05, 4.69) is 20.6 Å². The van der Waals surface area contributed by atoms with Crippen LogP contribution in [0.1, 0.15) is 50.2 Å². The number of aliphatic hydroxyl groups is 1. The van der Waals surface area contributed by atoms with Gasteiger partial charge in [0.05, 0.1) is 6.42 Å². The zero-order chi connectivity index (χ0) is 25.5. The third kappa shape index (κ3) is 6.43. The van der Waals surface area contributed by atoms with Crippen LogP contribution in [0.4, 0.5) is 20.3 Å². The molecule has 0 aliphatic heterocycles. The Kier molecular flexibility index (Phi) is 8.25. The molecule has 3 aromatic rings. The Hall–Kier alpha value is -3.39. The average molecular weight is 495 g/mol. The number of carbonyl (C=O) groups is 1. The van der Waals surface area contributed by atoms with Gasteiger partial charge >= 0.3 is 0 Å². The van der Waals surface area contributed by atoms with Gasteiger partial charge in [-0.05, 0) is 43.4 Å². The SMILES string of the molecule is CC(O)C(F)(F)c1ccc(CC(=O)Nc2ccc(-c3nccnc3NCC3CCCCC3)cc2)cc1. The Morgan fingerprint density at radius 2 is 1.69 bits per heavy atom. The molecule has 0 radical (unpaired) electrons. The Balaban J connectivity index is 1.35. The topological polar surface area (TPSA) is 87.1 Å². The second kappa shape index (κ2) is 11.6. The highest BCUT2D eigenvalue weighted by Gasteiger charge is 2.37. The number of carbonyl (C=O) groups excluding carboxylic acids is 1. The van der Waals surface area contributed by atoms with Crippen LogP contribution in [0.15, 0.2) is 60.9 Å². The summed E-state index contributed by atoms with van der Waals surface area (Å²) in [5, 5.41) is 15.6. The van der Waals surface area contributed by atoms with Crippen molar-refractivity contribution in [1.29, 1.82) is 0 Å². The van der Waals surface area contributed by atoms with Crippen LogP contribution in [0.3, 0.4) is 0 Å². The maximum absolute atomic E-state index is 13.9. The van der Waals surface area contributed by atoms with Crippen LogP contribution in [0.2, 0.25) is 0 Å². The van der Waals surface area contributed by atoms with Crippen molar-refractivity contribution < 1.29 is 18.7 Å². The van der Waals surface area contributed by atoms with E-state index in [0.29, 0.717) is 17.2 Å². The Labute approximate surface area is 210 Å². The van der Waals surface area contributed by atoms with Crippen molar-refractivity contribution >= 4 is 17.4 Å². The second-order valence-corrected chi connectivity index (χ2v) is 9.44. The lowest BCUT2D eigenvalue weighted by Gasteiger charge is -2.22. The van der Waals surface area contributed by atoms with Crippen molar-refractivity contribution in [3.05, 3.63) is 72.1 Å². The molecule has 1 saturated carbocycles. The number of nitrogens with zero attached hydrogens (tertiary/aromatic N) is 2. The lowest BCUT2D eigenvalue weighted by Crippen LogP contribution is -2.27. The summed E-state index contributed by atoms with van der Waals surface area (Å²) in [6.07, 6.45) is 7.99. The van der Waals surface area contributed by atoms with Crippen LogP contribution in [0.25, 0.3) is 11.3 Å². The van der Waals surface area contributed by atoms with Crippen LogP contribution in [0.5, 0.6) is 0 Å². The van der Waals surface area contributed by atoms with Gasteiger partial charge in [-0.1, -0.05) is 55.7 Å². The minimum Gasteiger partial charge on any atom is -0.387 e. The minimum absolute atomic E-state index is 0.0433. The van der Waals surface area contributed by atoms with E-state index in [1.54, 1.807) is 24.5 Å². The van der Waals surface area contributed by atoms with Gasteiger partial charge in [-0.25, -0.2) is 4.98 Å². The summed E-state index contributed by atoms with van der Waals surface area (Å²) in [6, 6.07) is 12.8. The summed E-state index contributed by atoms with van der Waals surface area (Å²) in [5.41, 5.74) is 2.60. The summed E-state index contributed by atoms with van der Waals surface area (Å²) in [4.78, 5) is 21.5. The summed E-state index contributed by atoms with van der Waals surface area (Å²) in [7, 11) is 0. The quantitative estimate of drug-likeness (QED) is 0.351. The normalized spacial score (nSPS) is 15.3. The molecule has 0 spiro atoms. The maximum atomic E-state index is 13.9. The van der Waals surface area contributed by atoms with E-state index in [9.17, 15) is 18.7 Å². The van der Waals surface area contributed by atoms with Crippen molar-refractivity contribution in [1.82, 2.24) is 9.97 Å². The fourth-order valence-corrected chi connectivity index (χ4v) is 4.50. The van der Waals surface area contributed by atoms with Crippen LogP contribution in [-0.2, 0) is 17.1 Å². The number of benzene rings is 2. The summed E-state index contributed by atoms with van der Waals surface area (Å²) in [5.74, 6) is -2.18. The fourth-order valence-electron chi connectivity index (χ4n) is 4.50. The predicted octanol–water partition coefficient (Wildman–Crippen LogP) is 5.79. The smallest absolute Gasteiger partial charge is 0.298 e. The number of rotatable bonds is 9. The van der Waals surface area contributed by atoms with Gasteiger partial charge in [0.1, 0.15) is 11.8 Å². The molecule has 1 unspecified atom stereocenters. The van der Waals surface area contributed by atoms with E-state index in [4.69, 9.17) is 0 Å². The number of aromatic nitrogens is 2. The highest BCUT2D eigenvalue weighted by molar-refractivity contribution is 5.92. The van der Waals surface area contributed by atoms with Crippen LogP contribution < -0.4 is 10.6 Å². The zero-order valence-electron chi connectivity index (χ0n) is 20.4. The molecule has 8 heteroatoms. The number of halogens is 2. The maximum Gasteiger partial charge on any atom is 0.298 e. The number of nitrogens with one attached hydrogen (secondary N) is 2. The highest BCUT2D eigenvalue weighted by Crippen LogP contribution is 2.32. The van der Waals surface area contributed by atoms with Crippen molar-refractivity contribution in [2.45, 2.75) is 57.5 Å². The summed E-state index contributed by atoms with van der Waals surface area (Å²) < 4.78 is 27.9. The molecule has 36 heavy (non-hydrogen) atoms. The molecule has 1 heterocycles. The first-order chi connectivity index (χ1) is 17.3. The Morgan fingerprint density at radius 3 is 2.36 bits per heavy atom. The van der Waals surface area contributed by atoms with Gasteiger partial charge in [0.15, 0.2) is 5.82 Å². The van der Waals surface area contributed by atoms with E-state index in [-0.39, 0.29) is 17.9 Å². The molecule has 1 fully saturated rings. The monoisotopic (exact) mass is 494 g/mol. The molecule has 6 nitrogen and oxygen atoms in total. The number of alkyl halides is 2. The molecule has 1 aliphatic carbocycles. The molecular weight excluding hydrogens is 462 g/mol. The van der Waals surface area contributed by atoms with Crippen molar-refractivity contribution in [2.24, 2.45) is 5.92 Å². The molecule has 3 N–H and O–H groups in total. The highest BCUT2D eigenvalue weighted by atomic mass is 19.3. The van der Waals surface area contributed by atoms with Gasteiger partial charge in [-0.2, -0.15) is 8.78 Å². The Morgan fingerprint density at radius 1 is 1.03 bits per heavy atom. The fraction of sp³-hybridized carbons (Fsp3) is 0.393. The zero-order valence-corrected chi connectivity index (χ0v) is 20.4. The molecule has 0 saturated heterocycles. The number of anilines is 2. The molecule has 1 aromatic heterocycles. The van der Waals surface area contributed by atoms with Crippen molar-refractivity contribution in [3.8, 4) is 11.3 Å². The lowest BCUT2D eigenvalue weighted by molar-refractivity contribution is -0.115. The molecule has 1 amide bonds. The second-order valence-electron chi connectivity index (χ2n) is 9.44. The lowest BCUT2D eigenvalue weighted by atomic mass is 9.89. The summed E-state index contributed by atoms with van der Waals surface area (Å²) in [6.45, 7) is 1.93. The van der Waals surface area contributed by atoms with Crippen LogP contribution >= 0.6 is 0 Å². The summed E-state index contributed by atoms with van der Waals surface area (Å²) >= 11 is 0. The van der Waals surface area contributed by atoms with Crippen LogP contribution in [-0.4, -0.2) is 33.6 Å². The van der Waals surface area contributed by atoms with Crippen molar-refractivity contribution in [2.75, 3.05) is 17.2 Å². The van der Waals surface area contributed by atoms with E-state index in [1.165, 1.54) is 56.4 Å². The predicted molar refractivity (Wildman–Crippen MR) is 137 cm³/mol. The van der Waals surface area contributed by atoms with Crippen molar-refractivity contribution in [3.63, 3.8) is 0 Å². The first kappa shape index (κ1) is 25.7. The third-order valence-electron chi connectivity index (χ3n) is 6.65. The average Bonchev–Trinajstić information content (AvgIpc) is 2.89. The molecule has 0 bridgehead atoms.